The molecule has 8 rings (SSSR count). The molecule has 8 aromatic carbocycles. The standard InChI is InChI=1S/C64H74/c1-5-9-13-17-22-47-28-36-51(37-29-47)58-46-56-27-21-26-52-44-45-57-60(53-38-30-48(31-39-53)23-18-14-10-6-2)61(54-40-32-49(33-41-54)24-19-15-11-7-3)62(64(58)63(57)59(52)56)55-42-34-50(35-43-55)25-20-16-12-8-4/h21,26-46H,5-20,22-25H2,1-4H3. The molecule has 8 aromatic rings. The van der Waals surface area contributed by atoms with Crippen LogP contribution in [-0.4, -0.2) is 0 Å². The van der Waals surface area contributed by atoms with Crippen LogP contribution < -0.4 is 0 Å². The van der Waals surface area contributed by atoms with Crippen molar-refractivity contribution in [3.63, 3.8) is 0 Å². The Morgan fingerprint density at radius 1 is 0.281 bits per heavy atom. The van der Waals surface area contributed by atoms with E-state index in [2.05, 4.69) is 161 Å². The maximum Gasteiger partial charge on any atom is -0.000742 e. The van der Waals surface area contributed by atoms with E-state index in [9.17, 15) is 0 Å². The lowest BCUT2D eigenvalue weighted by Crippen LogP contribution is -1.99. The molecule has 0 aliphatic rings. The Kier molecular flexibility index (Phi) is 16.0. The minimum atomic E-state index is 1.14. The third-order valence-electron chi connectivity index (χ3n) is 14.2. The van der Waals surface area contributed by atoms with Crippen LogP contribution in [0.3, 0.4) is 0 Å². The lowest BCUT2D eigenvalue weighted by atomic mass is 9.77. The minimum Gasteiger partial charge on any atom is -0.0654 e. The van der Waals surface area contributed by atoms with E-state index in [0.717, 1.165) is 25.7 Å². The third kappa shape index (κ3) is 10.5. The van der Waals surface area contributed by atoms with Crippen LogP contribution in [0.15, 0.2) is 133 Å². The SMILES string of the molecule is CCCCCCc1ccc(-c2c(-c3ccc(CCCCCC)cc3)c3ccc4cccc5cc(-c6ccc(CCCCCC)cc6)c(c2-c2ccc(CCCCCC)cc2)c3c45)cc1. The van der Waals surface area contributed by atoms with Crippen molar-refractivity contribution in [2.75, 3.05) is 0 Å². The number of unbranched alkanes of at least 4 members (excludes halogenated alkanes) is 12. The summed E-state index contributed by atoms with van der Waals surface area (Å²) in [6.07, 6.45) is 25.1. The van der Waals surface area contributed by atoms with Crippen LogP contribution in [0.25, 0.3) is 76.8 Å². The largest absolute Gasteiger partial charge is 0.0654 e. The van der Waals surface area contributed by atoms with E-state index in [4.69, 9.17) is 0 Å². The molecule has 0 N–H and O–H groups in total. The molecule has 0 unspecified atom stereocenters. The first-order valence-corrected chi connectivity index (χ1v) is 25.8. The van der Waals surface area contributed by atoms with Gasteiger partial charge in [-0.1, -0.05) is 232 Å². The summed E-state index contributed by atoms with van der Waals surface area (Å²) in [6, 6.07) is 53.2. The van der Waals surface area contributed by atoms with E-state index in [0.29, 0.717) is 0 Å². The van der Waals surface area contributed by atoms with Crippen molar-refractivity contribution in [3.05, 3.63) is 156 Å². The molecule has 0 amide bonds. The fraction of sp³-hybridized carbons (Fsp3) is 0.375. The molecule has 0 heteroatoms. The average Bonchev–Trinajstić information content (AvgIpc) is 3.34. The van der Waals surface area contributed by atoms with Crippen LogP contribution in [0.2, 0.25) is 0 Å². The molecule has 0 bridgehead atoms. The molecule has 0 aromatic heterocycles. The highest BCUT2D eigenvalue weighted by Gasteiger charge is 2.26. The molecule has 0 nitrogen and oxygen atoms in total. The Morgan fingerprint density at radius 2 is 0.672 bits per heavy atom. The maximum atomic E-state index is 2.52. The van der Waals surface area contributed by atoms with Crippen LogP contribution >= 0.6 is 0 Å². The van der Waals surface area contributed by atoms with Crippen molar-refractivity contribution >= 4 is 32.3 Å². The van der Waals surface area contributed by atoms with E-state index in [1.807, 2.05) is 0 Å². The van der Waals surface area contributed by atoms with Crippen molar-refractivity contribution in [2.45, 2.75) is 156 Å². The van der Waals surface area contributed by atoms with Gasteiger partial charge in [0.05, 0.1) is 0 Å². The van der Waals surface area contributed by atoms with Gasteiger partial charge in [0.15, 0.2) is 0 Å². The van der Waals surface area contributed by atoms with Gasteiger partial charge in [-0.25, -0.2) is 0 Å². The van der Waals surface area contributed by atoms with Gasteiger partial charge in [0.1, 0.15) is 0 Å². The first kappa shape index (κ1) is 45.4. The second-order valence-corrected chi connectivity index (χ2v) is 19.0. The van der Waals surface area contributed by atoms with Crippen molar-refractivity contribution in [2.24, 2.45) is 0 Å². The van der Waals surface area contributed by atoms with Crippen molar-refractivity contribution in [1.29, 1.82) is 0 Å². The first-order chi connectivity index (χ1) is 31.6. The van der Waals surface area contributed by atoms with E-state index in [1.54, 1.807) is 0 Å². The Morgan fingerprint density at radius 3 is 1.11 bits per heavy atom. The Bertz CT molecular complexity index is 2660. The molecular weight excluding hydrogens is 769 g/mol. The zero-order valence-corrected chi connectivity index (χ0v) is 39.8. The van der Waals surface area contributed by atoms with Crippen molar-refractivity contribution in [1.82, 2.24) is 0 Å². The zero-order chi connectivity index (χ0) is 44.1. The van der Waals surface area contributed by atoms with E-state index in [-0.39, 0.29) is 0 Å². The highest BCUT2D eigenvalue weighted by atomic mass is 14.3. The van der Waals surface area contributed by atoms with Gasteiger partial charge in [-0.15, -0.1) is 0 Å². The van der Waals surface area contributed by atoms with Crippen LogP contribution in [0.1, 0.15) is 153 Å². The topological polar surface area (TPSA) is 0 Å². The van der Waals surface area contributed by atoms with Crippen molar-refractivity contribution in [3.8, 4) is 44.5 Å². The summed E-state index contributed by atoms with van der Waals surface area (Å²) in [5, 5.41) is 8.12. The smallest absolute Gasteiger partial charge is 0.000742 e. The van der Waals surface area contributed by atoms with Gasteiger partial charge in [-0.3, -0.25) is 0 Å². The molecular formula is C64H74. The van der Waals surface area contributed by atoms with Gasteiger partial charge in [-0.2, -0.15) is 0 Å². The quantitative estimate of drug-likeness (QED) is 0.0420. The van der Waals surface area contributed by atoms with Gasteiger partial charge in [0.2, 0.25) is 0 Å². The molecule has 0 spiro atoms. The monoisotopic (exact) mass is 843 g/mol. The van der Waals surface area contributed by atoms with Gasteiger partial charge in [0.25, 0.3) is 0 Å². The summed E-state index contributed by atoms with van der Waals surface area (Å²) in [4.78, 5) is 0. The summed E-state index contributed by atoms with van der Waals surface area (Å²) in [5.41, 5.74) is 16.4. The normalized spacial score (nSPS) is 11.8. The molecule has 330 valence electrons. The second kappa shape index (κ2) is 22.6. The molecule has 0 fully saturated rings. The Balaban J connectivity index is 1.40. The molecule has 0 aliphatic heterocycles. The minimum absolute atomic E-state index is 1.14. The maximum absolute atomic E-state index is 2.52. The van der Waals surface area contributed by atoms with E-state index < -0.39 is 0 Å². The summed E-state index contributed by atoms with van der Waals surface area (Å²) in [7, 11) is 0. The van der Waals surface area contributed by atoms with Crippen molar-refractivity contribution < 1.29 is 0 Å². The van der Waals surface area contributed by atoms with E-state index in [1.165, 1.54) is 202 Å². The van der Waals surface area contributed by atoms with Crippen LogP contribution in [-0.2, 0) is 25.7 Å². The number of benzene rings is 8. The number of rotatable bonds is 24. The number of aryl methyl sites for hydroxylation is 4. The average molecular weight is 843 g/mol. The molecule has 64 heavy (non-hydrogen) atoms. The second-order valence-electron chi connectivity index (χ2n) is 19.0. The lowest BCUT2D eigenvalue weighted by molar-refractivity contribution is 0.667. The highest BCUT2D eigenvalue weighted by molar-refractivity contribution is 6.34. The number of hydrogen-bond donors (Lipinski definition) is 0. The zero-order valence-electron chi connectivity index (χ0n) is 39.8. The predicted molar refractivity (Wildman–Crippen MR) is 283 cm³/mol. The summed E-state index contributed by atoms with van der Waals surface area (Å²) >= 11 is 0. The Labute approximate surface area is 386 Å². The Hall–Kier alpha value is -5.20. The third-order valence-corrected chi connectivity index (χ3v) is 14.2. The molecule has 0 saturated heterocycles. The van der Waals surface area contributed by atoms with Gasteiger partial charge >= 0.3 is 0 Å². The van der Waals surface area contributed by atoms with Gasteiger partial charge in [-0.05, 0) is 157 Å². The fourth-order valence-electron chi connectivity index (χ4n) is 10.5. The van der Waals surface area contributed by atoms with E-state index >= 15 is 0 Å². The molecule has 0 saturated carbocycles. The summed E-state index contributed by atoms with van der Waals surface area (Å²) < 4.78 is 0. The lowest BCUT2D eigenvalue weighted by Gasteiger charge is -2.26. The summed E-state index contributed by atoms with van der Waals surface area (Å²) in [6.45, 7) is 9.21. The molecule has 0 aliphatic carbocycles. The molecule has 0 radical (unpaired) electrons. The number of hydrogen-bond acceptors (Lipinski definition) is 0. The fourth-order valence-corrected chi connectivity index (χ4v) is 10.5. The summed E-state index contributed by atoms with van der Waals surface area (Å²) in [5.74, 6) is 0. The predicted octanol–water partition coefficient (Wildman–Crippen LogP) is 19.7. The van der Waals surface area contributed by atoms with Crippen LogP contribution in [0, 0.1) is 0 Å². The van der Waals surface area contributed by atoms with Gasteiger partial charge < -0.3 is 0 Å². The first-order valence-electron chi connectivity index (χ1n) is 25.8. The van der Waals surface area contributed by atoms with Crippen LogP contribution in [0.5, 0.6) is 0 Å². The highest BCUT2D eigenvalue weighted by Crippen LogP contribution is 2.53. The molecule has 0 heterocycles. The van der Waals surface area contributed by atoms with Crippen LogP contribution in [0.4, 0.5) is 0 Å². The molecule has 0 atom stereocenters. The van der Waals surface area contributed by atoms with Gasteiger partial charge in [0, 0.05) is 0 Å².